The van der Waals surface area contributed by atoms with Crippen molar-refractivity contribution in [2.45, 2.75) is 25.5 Å². The van der Waals surface area contributed by atoms with Crippen LogP contribution in [0.15, 0.2) is 36.5 Å². The van der Waals surface area contributed by atoms with E-state index in [0.29, 0.717) is 25.1 Å². The van der Waals surface area contributed by atoms with Crippen molar-refractivity contribution in [1.82, 2.24) is 19.9 Å². The maximum absolute atomic E-state index is 11.0. The summed E-state index contributed by atoms with van der Waals surface area (Å²) in [4.78, 5) is 12.3. The van der Waals surface area contributed by atoms with E-state index in [4.69, 9.17) is 5.11 Å². The van der Waals surface area contributed by atoms with Gasteiger partial charge in [-0.2, -0.15) is 0 Å². The number of nitrogens with zero attached hydrogens (tertiary/aromatic N) is 4. The van der Waals surface area contributed by atoms with Gasteiger partial charge >= 0.3 is 6.09 Å². The van der Waals surface area contributed by atoms with E-state index in [1.54, 1.807) is 10.9 Å². The van der Waals surface area contributed by atoms with Crippen LogP contribution < -0.4 is 0 Å². The highest BCUT2D eigenvalue weighted by atomic mass is 16.4. The Morgan fingerprint density at radius 3 is 2.52 bits per heavy atom. The second-order valence-corrected chi connectivity index (χ2v) is 6.52. The molecule has 25 heavy (non-hydrogen) atoms. The van der Waals surface area contributed by atoms with Crippen LogP contribution in [0, 0.1) is 5.41 Å². The van der Waals surface area contributed by atoms with Crippen LogP contribution in [0.5, 0.6) is 0 Å². The van der Waals surface area contributed by atoms with Crippen molar-refractivity contribution in [3.8, 4) is 0 Å². The van der Waals surface area contributed by atoms with Crippen LogP contribution in [-0.2, 0) is 6.54 Å². The van der Waals surface area contributed by atoms with Crippen molar-refractivity contribution in [3.05, 3.63) is 47.8 Å². The summed E-state index contributed by atoms with van der Waals surface area (Å²) in [5.74, 6) is 0. The van der Waals surface area contributed by atoms with Crippen LogP contribution in [0.1, 0.15) is 30.2 Å². The minimum atomic E-state index is -0.988. The van der Waals surface area contributed by atoms with Crippen molar-refractivity contribution < 1.29 is 20.1 Å². The Bertz CT molecular complexity index is 710. The lowest BCUT2D eigenvalue weighted by Gasteiger charge is -2.42. The molecule has 8 heteroatoms. The van der Waals surface area contributed by atoms with Crippen LogP contribution in [0.4, 0.5) is 4.79 Å². The molecule has 3 rings (SSSR count). The predicted octanol–water partition coefficient (Wildman–Crippen LogP) is 1.11. The molecule has 1 saturated heterocycles. The van der Waals surface area contributed by atoms with Crippen LogP contribution in [0.25, 0.3) is 0 Å². The van der Waals surface area contributed by atoms with Crippen molar-refractivity contribution in [2.75, 3.05) is 19.7 Å². The van der Waals surface area contributed by atoms with Gasteiger partial charge in [-0.1, -0.05) is 35.5 Å². The number of likely N-dealkylation sites (tertiary alicyclic amines) is 1. The fourth-order valence-corrected chi connectivity index (χ4v) is 3.26. The molecule has 1 atom stereocenters. The number of carbonyl (C=O) groups is 1. The van der Waals surface area contributed by atoms with Gasteiger partial charge in [-0.15, -0.1) is 5.10 Å². The average Bonchev–Trinajstić information content (AvgIpc) is 3.10. The number of aliphatic hydroxyl groups is 2. The highest BCUT2D eigenvalue weighted by Crippen LogP contribution is 2.42. The Labute approximate surface area is 145 Å². The molecular weight excluding hydrogens is 324 g/mol. The summed E-state index contributed by atoms with van der Waals surface area (Å²) in [5.41, 5.74) is 0.674. The van der Waals surface area contributed by atoms with Crippen LogP contribution >= 0.6 is 0 Å². The van der Waals surface area contributed by atoms with Crippen molar-refractivity contribution >= 4 is 6.09 Å². The Morgan fingerprint density at radius 1 is 1.24 bits per heavy atom. The van der Waals surface area contributed by atoms with Gasteiger partial charge in [0, 0.05) is 18.5 Å². The fraction of sp³-hybridized carbons (Fsp3) is 0.471. The maximum atomic E-state index is 11.0. The fourth-order valence-electron chi connectivity index (χ4n) is 3.26. The molecule has 1 aliphatic heterocycles. The van der Waals surface area contributed by atoms with Crippen molar-refractivity contribution in [1.29, 1.82) is 0 Å². The summed E-state index contributed by atoms with van der Waals surface area (Å²) >= 11 is 0. The number of aromatic nitrogens is 3. The number of amides is 1. The molecule has 0 bridgehead atoms. The Kier molecular flexibility index (Phi) is 5.00. The van der Waals surface area contributed by atoms with E-state index in [1.807, 2.05) is 30.3 Å². The Balaban J connectivity index is 1.71. The van der Waals surface area contributed by atoms with Gasteiger partial charge in [0.25, 0.3) is 0 Å². The first kappa shape index (κ1) is 17.4. The van der Waals surface area contributed by atoms with Gasteiger partial charge in [0.15, 0.2) is 0 Å². The molecule has 1 aliphatic rings. The van der Waals surface area contributed by atoms with Gasteiger partial charge in [-0.25, -0.2) is 9.48 Å². The molecule has 1 unspecified atom stereocenters. The zero-order valence-corrected chi connectivity index (χ0v) is 13.8. The summed E-state index contributed by atoms with van der Waals surface area (Å²) < 4.78 is 1.64. The largest absolute Gasteiger partial charge is 0.465 e. The first-order valence-electron chi connectivity index (χ1n) is 8.25. The van der Waals surface area contributed by atoms with Crippen LogP contribution in [-0.4, -0.2) is 61.0 Å². The molecule has 1 aromatic heterocycles. The summed E-state index contributed by atoms with van der Waals surface area (Å²) in [6.45, 7) is 0.878. The molecule has 0 spiro atoms. The molecule has 1 amide bonds. The summed E-state index contributed by atoms with van der Waals surface area (Å²) in [7, 11) is 0. The van der Waals surface area contributed by atoms with E-state index in [0.717, 1.165) is 5.56 Å². The molecule has 134 valence electrons. The first-order chi connectivity index (χ1) is 12.0. The van der Waals surface area contributed by atoms with Crippen molar-refractivity contribution in [2.24, 2.45) is 5.41 Å². The molecular formula is C17H22N4O4. The lowest BCUT2D eigenvalue weighted by Crippen LogP contribution is -2.47. The predicted molar refractivity (Wildman–Crippen MR) is 88.9 cm³/mol. The maximum Gasteiger partial charge on any atom is 0.407 e. The lowest BCUT2D eigenvalue weighted by atomic mass is 9.73. The quantitative estimate of drug-likeness (QED) is 0.748. The molecule has 8 nitrogen and oxygen atoms in total. The smallest absolute Gasteiger partial charge is 0.407 e. The Hall–Kier alpha value is -2.45. The second kappa shape index (κ2) is 7.20. The zero-order valence-electron chi connectivity index (χ0n) is 13.8. The molecule has 0 aliphatic carbocycles. The number of piperidine rings is 1. The number of aliphatic hydroxyl groups excluding tert-OH is 2. The summed E-state index contributed by atoms with van der Waals surface area (Å²) in [6, 6.07) is 9.79. The minimum absolute atomic E-state index is 0.229. The SMILES string of the molecule is O=C(O)N1CCC(CO)(C(O)c2cn(Cc3ccccc3)nn2)CC1. The number of benzene rings is 1. The van der Waals surface area contributed by atoms with Gasteiger partial charge in [0.2, 0.25) is 0 Å². The monoisotopic (exact) mass is 346 g/mol. The number of hydrogen-bond acceptors (Lipinski definition) is 5. The third-order valence-corrected chi connectivity index (χ3v) is 4.95. The molecule has 1 fully saturated rings. The Morgan fingerprint density at radius 2 is 1.92 bits per heavy atom. The third-order valence-electron chi connectivity index (χ3n) is 4.95. The number of carboxylic acid groups (broad SMARTS) is 1. The highest BCUT2D eigenvalue weighted by Gasteiger charge is 2.43. The molecule has 1 aromatic carbocycles. The lowest BCUT2D eigenvalue weighted by molar-refractivity contribution is -0.0587. The second-order valence-electron chi connectivity index (χ2n) is 6.52. The molecule has 2 aromatic rings. The first-order valence-corrected chi connectivity index (χ1v) is 8.25. The third kappa shape index (κ3) is 3.64. The van der Waals surface area contributed by atoms with E-state index in [1.165, 1.54) is 4.90 Å². The van der Waals surface area contributed by atoms with Crippen LogP contribution in [0.3, 0.4) is 0 Å². The van der Waals surface area contributed by atoms with Gasteiger partial charge in [-0.3, -0.25) is 0 Å². The average molecular weight is 346 g/mol. The van der Waals surface area contributed by atoms with E-state index >= 15 is 0 Å². The highest BCUT2D eigenvalue weighted by molar-refractivity contribution is 5.65. The van der Waals surface area contributed by atoms with Crippen LogP contribution in [0.2, 0.25) is 0 Å². The molecule has 3 N–H and O–H groups in total. The summed E-state index contributed by atoms with van der Waals surface area (Å²) in [5, 5.41) is 37.8. The zero-order chi connectivity index (χ0) is 17.9. The standard InChI is InChI=1S/C17H22N4O4/c22-12-17(6-8-20(9-7-17)16(24)25)15(23)14-11-21(19-18-14)10-13-4-2-1-3-5-13/h1-5,11,15,22-23H,6-10,12H2,(H,24,25). The number of hydrogen-bond donors (Lipinski definition) is 3. The van der Waals surface area contributed by atoms with Gasteiger partial charge in [-0.05, 0) is 18.4 Å². The number of rotatable bonds is 5. The summed E-state index contributed by atoms with van der Waals surface area (Å²) in [6.07, 6.45) is 0.469. The van der Waals surface area contributed by atoms with E-state index in [2.05, 4.69) is 10.3 Å². The molecule has 2 heterocycles. The topological polar surface area (TPSA) is 112 Å². The van der Waals surface area contributed by atoms with Gasteiger partial charge in [0.05, 0.1) is 19.3 Å². The van der Waals surface area contributed by atoms with Gasteiger partial charge < -0.3 is 20.2 Å². The van der Waals surface area contributed by atoms with Gasteiger partial charge in [0.1, 0.15) is 11.8 Å². The normalized spacial score (nSPS) is 18.1. The molecule has 0 saturated carbocycles. The molecule has 0 radical (unpaired) electrons. The van der Waals surface area contributed by atoms with Crippen molar-refractivity contribution in [3.63, 3.8) is 0 Å². The van der Waals surface area contributed by atoms with E-state index in [9.17, 15) is 15.0 Å². The van der Waals surface area contributed by atoms with E-state index in [-0.39, 0.29) is 19.7 Å². The van der Waals surface area contributed by atoms with E-state index < -0.39 is 17.6 Å². The minimum Gasteiger partial charge on any atom is -0.465 e.